The van der Waals surface area contributed by atoms with Crippen molar-refractivity contribution in [3.8, 4) is 16.4 Å². The Kier molecular flexibility index (Phi) is 6.13. The van der Waals surface area contributed by atoms with Crippen LogP contribution >= 0.6 is 34.7 Å². The third-order valence-electron chi connectivity index (χ3n) is 4.92. The number of rotatable bonds is 6. The van der Waals surface area contributed by atoms with E-state index in [9.17, 15) is 4.79 Å². The number of carbonyl (C=O) groups excluding carboxylic acids is 1. The molecule has 0 fully saturated rings. The van der Waals surface area contributed by atoms with Crippen molar-refractivity contribution in [3.05, 3.63) is 82.8 Å². The Morgan fingerprint density at radius 2 is 1.91 bits per heavy atom. The van der Waals surface area contributed by atoms with Crippen molar-refractivity contribution < 1.29 is 4.79 Å². The predicted octanol–water partition coefficient (Wildman–Crippen LogP) is 6.24. The highest BCUT2D eigenvalue weighted by Gasteiger charge is 2.19. The van der Waals surface area contributed by atoms with Crippen molar-refractivity contribution in [3.63, 3.8) is 0 Å². The first kappa shape index (κ1) is 21.6. The van der Waals surface area contributed by atoms with E-state index in [1.54, 1.807) is 11.3 Å². The van der Waals surface area contributed by atoms with E-state index in [0.29, 0.717) is 16.0 Å². The number of hydrogen-bond donors (Lipinski definition) is 1. The zero-order chi connectivity index (χ0) is 22.8. The van der Waals surface area contributed by atoms with E-state index in [0.717, 1.165) is 32.8 Å². The van der Waals surface area contributed by atoms with Crippen LogP contribution in [0.3, 0.4) is 0 Å². The van der Waals surface area contributed by atoms with E-state index < -0.39 is 0 Å². The summed E-state index contributed by atoms with van der Waals surface area (Å²) in [7, 11) is 0. The van der Waals surface area contributed by atoms with Gasteiger partial charge in [-0.25, -0.2) is 0 Å². The molecular weight excluding hydrogens is 474 g/mol. The Hall–Kier alpha value is -3.20. The lowest BCUT2D eigenvalue weighted by atomic mass is 10.1. The summed E-state index contributed by atoms with van der Waals surface area (Å²) in [5.41, 5.74) is 3.21. The van der Waals surface area contributed by atoms with Crippen LogP contribution in [0.2, 0.25) is 5.02 Å². The first-order valence-corrected chi connectivity index (χ1v) is 12.4. The number of halogens is 1. The smallest absolute Gasteiger partial charge is 0.234 e. The number of hydrogen-bond acceptors (Lipinski definition) is 6. The van der Waals surface area contributed by atoms with Crippen molar-refractivity contribution in [1.82, 2.24) is 19.7 Å². The highest BCUT2D eigenvalue weighted by atomic mass is 35.5. The molecule has 6 nitrogen and oxygen atoms in total. The molecule has 1 N–H and O–H groups in total. The van der Waals surface area contributed by atoms with Gasteiger partial charge in [-0.15, -0.1) is 21.5 Å². The highest BCUT2D eigenvalue weighted by molar-refractivity contribution is 7.99. The Morgan fingerprint density at radius 3 is 2.73 bits per heavy atom. The molecule has 5 aromatic rings. The maximum atomic E-state index is 12.9. The number of amides is 1. The molecule has 9 heteroatoms. The lowest BCUT2D eigenvalue weighted by Gasteiger charge is -2.12. The third-order valence-corrected chi connectivity index (χ3v) is 7.03. The molecule has 0 saturated carbocycles. The summed E-state index contributed by atoms with van der Waals surface area (Å²) in [5, 5.41) is 15.9. The average molecular weight is 492 g/mol. The number of pyridine rings is 1. The molecule has 0 spiro atoms. The number of anilines is 1. The maximum absolute atomic E-state index is 12.9. The van der Waals surface area contributed by atoms with Gasteiger partial charge in [0.05, 0.1) is 32.5 Å². The third kappa shape index (κ3) is 4.50. The van der Waals surface area contributed by atoms with Crippen molar-refractivity contribution in [2.24, 2.45) is 0 Å². The molecule has 0 aliphatic heterocycles. The second kappa shape index (κ2) is 9.35. The Balaban J connectivity index is 1.42. The summed E-state index contributed by atoms with van der Waals surface area (Å²) in [6, 6.07) is 21.1. The van der Waals surface area contributed by atoms with Gasteiger partial charge in [0, 0.05) is 11.1 Å². The summed E-state index contributed by atoms with van der Waals surface area (Å²) in [5.74, 6) is 0.724. The number of thioether (sulfide) groups is 1. The van der Waals surface area contributed by atoms with Gasteiger partial charge in [-0.2, -0.15) is 0 Å². The molecule has 1 amide bonds. The van der Waals surface area contributed by atoms with Gasteiger partial charge >= 0.3 is 0 Å². The van der Waals surface area contributed by atoms with Crippen LogP contribution in [-0.2, 0) is 4.79 Å². The Bertz CT molecular complexity index is 1450. The average Bonchev–Trinajstić information content (AvgIpc) is 3.48. The van der Waals surface area contributed by atoms with Crippen LogP contribution in [0, 0.1) is 6.92 Å². The number of benzene rings is 2. The first-order chi connectivity index (χ1) is 16.1. The standard InChI is InChI=1S/C24H18ClN5OS2/c1-15-13-19(16-7-2-4-9-18(16)26-15)27-22(31)14-33-24-29-28-23(21-11-6-12-32-21)30(24)20-10-5-3-8-17(20)25/h2-13H,14H2,1H3,(H,26,27,31). The fourth-order valence-corrected chi connectivity index (χ4v) is 5.17. The Morgan fingerprint density at radius 1 is 1.09 bits per heavy atom. The molecule has 0 saturated heterocycles. The fraction of sp³-hybridized carbons (Fsp3) is 0.0833. The van der Waals surface area contributed by atoms with Gasteiger partial charge in [-0.05, 0) is 42.6 Å². The van der Waals surface area contributed by atoms with Crippen molar-refractivity contribution in [2.45, 2.75) is 12.1 Å². The number of aromatic nitrogens is 4. The number of aryl methyl sites for hydroxylation is 1. The number of fused-ring (bicyclic) bond motifs is 1. The molecule has 0 bridgehead atoms. The second-order valence-corrected chi connectivity index (χ2v) is 9.53. The van der Waals surface area contributed by atoms with Crippen molar-refractivity contribution in [1.29, 1.82) is 0 Å². The SMILES string of the molecule is Cc1cc(NC(=O)CSc2nnc(-c3cccs3)n2-c2ccccc2Cl)c2ccccc2n1. The summed E-state index contributed by atoms with van der Waals surface area (Å²) >= 11 is 9.38. The fourth-order valence-electron chi connectivity index (χ4n) is 3.51. The number of nitrogens with zero attached hydrogens (tertiary/aromatic N) is 4. The van der Waals surface area contributed by atoms with E-state index in [-0.39, 0.29) is 11.7 Å². The van der Waals surface area contributed by atoms with Gasteiger partial charge in [0.25, 0.3) is 0 Å². The minimum absolute atomic E-state index is 0.137. The molecule has 0 aliphatic carbocycles. The molecule has 164 valence electrons. The summed E-state index contributed by atoms with van der Waals surface area (Å²) in [4.78, 5) is 18.4. The van der Waals surface area contributed by atoms with Gasteiger partial charge in [-0.3, -0.25) is 14.3 Å². The molecule has 5 rings (SSSR count). The number of thiophene rings is 1. The molecule has 3 aromatic heterocycles. The van der Waals surface area contributed by atoms with E-state index >= 15 is 0 Å². The molecule has 33 heavy (non-hydrogen) atoms. The molecule has 2 aromatic carbocycles. The van der Waals surface area contributed by atoms with Crippen LogP contribution in [0.5, 0.6) is 0 Å². The monoisotopic (exact) mass is 491 g/mol. The normalized spacial score (nSPS) is 11.1. The topological polar surface area (TPSA) is 72.7 Å². The van der Waals surface area contributed by atoms with Crippen molar-refractivity contribution in [2.75, 3.05) is 11.1 Å². The van der Waals surface area contributed by atoms with Crippen LogP contribution in [0.1, 0.15) is 5.69 Å². The molecule has 3 heterocycles. The van der Waals surface area contributed by atoms with Gasteiger partial charge in [0.15, 0.2) is 11.0 Å². The zero-order valence-electron chi connectivity index (χ0n) is 17.5. The van der Waals surface area contributed by atoms with E-state index in [4.69, 9.17) is 11.6 Å². The quantitative estimate of drug-likeness (QED) is 0.285. The molecular formula is C24H18ClN5OS2. The minimum atomic E-state index is -0.137. The lowest BCUT2D eigenvalue weighted by molar-refractivity contribution is -0.113. The summed E-state index contributed by atoms with van der Waals surface area (Å²) in [6.45, 7) is 1.91. The zero-order valence-corrected chi connectivity index (χ0v) is 19.9. The van der Waals surface area contributed by atoms with Gasteiger partial charge in [0.1, 0.15) is 0 Å². The van der Waals surface area contributed by atoms with Crippen LogP contribution in [-0.4, -0.2) is 31.4 Å². The molecule has 0 unspecified atom stereocenters. The van der Waals surface area contributed by atoms with Crippen LogP contribution in [0.25, 0.3) is 27.3 Å². The highest BCUT2D eigenvalue weighted by Crippen LogP contribution is 2.33. The second-order valence-electron chi connectivity index (χ2n) is 7.24. The van der Waals surface area contributed by atoms with Gasteiger partial charge < -0.3 is 5.32 Å². The Labute approximate surface area is 203 Å². The first-order valence-electron chi connectivity index (χ1n) is 10.1. The minimum Gasteiger partial charge on any atom is -0.325 e. The largest absolute Gasteiger partial charge is 0.325 e. The van der Waals surface area contributed by atoms with E-state index in [1.807, 2.05) is 83.6 Å². The summed E-state index contributed by atoms with van der Waals surface area (Å²) < 4.78 is 1.90. The predicted molar refractivity (Wildman–Crippen MR) is 136 cm³/mol. The van der Waals surface area contributed by atoms with Crippen LogP contribution < -0.4 is 5.32 Å². The molecule has 0 aliphatic rings. The molecule has 0 atom stereocenters. The maximum Gasteiger partial charge on any atom is 0.234 e. The van der Waals surface area contributed by atoms with Crippen LogP contribution in [0.15, 0.2) is 77.3 Å². The van der Waals surface area contributed by atoms with E-state index in [1.165, 1.54) is 11.8 Å². The number of nitrogens with one attached hydrogen (secondary N) is 1. The van der Waals surface area contributed by atoms with Crippen molar-refractivity contribution >= 4 is 57.2 Å². The lowest BCUT2D eigenvalue weighted by Crippen LogP contribution is -2.15. The number of para-hydroxylation sites is 2. The van der Waals surface area contributed by atoms with Crippen LogP contribution in [0.4, 0.5) is 5.69 Å². The van der Waals surface area contributed by atoms with E-state index in [2.05, 4.69) is 20.5 Å². The summed E-state index contributed by atoms with van der Waals surface area (Å²) in [6.07, 6.45) is 0. The van der Waals surface area contributed by atoms with Gasteiger partial charge in [0.2, 0.25) is 5.91 Å². The molecule has 0 radical (unpaired) electrons. The van der Waals surface area contributed by atoms with Gasteiger partial charge in [-0.1, -0.05) is 59.8 Å². The number of carbonyl (C=O) groups is 1.